The summed E-state index contributed by atoms with van der Waals surface area (Å²) < 4.78 is 6.17. The Balaban J connectivity index is 1.87. The lowest BCUT2D eigenvalue weighted by Gasteiger charge is -2.49. The molecule has 0 amide bonds. The van der Waals surface area contributed by atoms with Gasteiger partial charge in [-0.1, -0.05) is 62.4 Å². The number of nitrogens with zero attached hydrogens (tertiary/aromatic N) is 1. The first-order chi connectivity index (χ1) is 13.0. The van der Waals surface area contributed by atoms with Gasteiger partial charge in [0.15, 0.2) is 0 Å². The summed E-state index contributed by atoms with van der Waals surface area (Å²) in [4.78, 5) is 8.56. The zero-order chi connectivity index (χ0) is 18.8. The minimum absolute atomic E-state index is 0.252. The molecule has 3 aromatic rings. The summed E-state index contributed by atoms with van der Waals surface area (Å²) in [7, 11) is 0. The molecular weight excluding hydrogens is 332 g/mol. The number of para-hydroxylation sites is 2. The number of aromatic nitrogens is 1. The Bertz CT molecular complexity index is 1120. The SMILES string of the molecule is C=C1Cc2[nH]c3ccccc3c2C(C)(C)C12C(OCC)=Nc1ccccc12. The molecule has 1 aliphatic carbocycles. The molecule has 1 aliphatic heterocycles. The van der Waals surface area contributed by atoms with Gasteiger partial charge in [0.2, 0.25) is 5.90 Å². The van der Waals surface area contributed by atoms with Crippen molar-refractivity contribution < 1.29 is 4.74 Å². The smallest absolute Gasteiger partial charge is 0.204 e. The van der Waals surface area contributed by atoms with E-state index in [1.165, 1.54) is 27.7 Å². The molecule has 0 radical (unpaired) electrons. The minimum atomic E-state index is -0.447. The molecular formula is C24H24N2O. The Morgan fingerprint density at radius 1 is 1.11 bits per heavy atom. The van der Waals surface area contributed by atoms with Gasteiger partial charge >= 0.3 is 0 Å². The average molecular weight is 356 g/mol. The van der Waals surface area contributed by atoms with Gasteiger partial charge in [-0.3, -0.25) is 0 Å². The van der Waals surface area contributed by atoms with Crippen LogP contribution in [0.4, 0.5) is 5.69 Å². The number of benzene rings is 2. The van der Waals surface area contributed by atoms with E-state index in [0.29, 0.717) is 6.61 Å². The molecule has 2 aromatic carbocycles. The second-order valence-corrected chi connectivity index (χ2v) is 8.05. The van der Waals surface area contributed by atoms with Gasteiger partial charge in [-0.2, -0.15) is 0 Å². The first kappa shape index (κ1) is 16.4. The summed E-state index contributed by atoms with van der Waals surface area (Å²) in [5.41, 5.74) is 6.45. The fraction of sp³-hybridized carbons (Fsp3) is 0.292. The predicted octanol–water partition coefficient (Wildman–Crippen LogP) is 5.58. The number of hydrogen-bond acceptors (Lipinski definition) is 2. The zero-order valence-electron chi connectivity index (χ0n) is 16.1. The number of rotatable bonds is 1. The van der Waals surface area contributed by atoms with Crippen molar-refractivity contribution >= 4 is 22.5 Å². The molecule has 1 N–H and O–H groups in total. The lowest BCUT2D eigenvalue weighted by Crippen LogP contribution is -2.54. The molecule has 1 spiro atoms. The van der Waals surface area contributed by atoms with Gasteiger partial charge in [-0.25, -0.2) is 4.99 Å². The maximum Gasteiger partial charge on any atom is 0.204 e. The maximum absolute atomic E-state index is 6.17. The molecule has 0 bridgehead atoms. The van der Waals surface area contributed by atoms with Crippen LogP contribution in [0.3, 0.4) is 0 Å². The van der Waals surface area contributed by atoms with Crippen molar-refractivity contribution in [2.75, 3.05) is 6.61 Å². The Morgan fingerprint density at radius 2 is 1.85 bits per heavy atom. The third kappa shape index (κ3) is 1.84. The Kier molecular flexibility index (Phi) is 3.24. The van der Waals surface area contributed by atoms with Gasteiger partial charge in [0.1, 0.15) is 5.41 Å². The molecule has 3 nitrogen and oxygen atoms in total. The molecule has 1 atom stereocenters. The van der Waals surface area contributed by atoms with Crippen LogP contribution in [0.5, 0.6) is 0 Å². The lowest BCUT2D eigenvalue weighted by molar-refractivity contribution is 0.257. The second-order valence-electron chi connectivity index (χ2n) is 8.05. The van der Waals surface area contributed by atoms with Crippen LogP contribution in [0.1, 0.15) is 37.6 Å². The Morgan fingerprint density at radius 3 is 2.67 bits per heavy atom. The van der Waals surface area contributed by atoms with E-state index in [4.69, 9.17) is 9.73 Å². The van der Waals surface area contributed by atoms with Gasteiger partial charge in [-0.05, 0) is 30.2 Å². The summed E-state index contributed by atoms with van der Waals surface area (Å²) in [6.07, 6.45) is 0.799. The number of nitrogens with one attached hydrogen (secondary N) is 1. The largest absolute Gasteiger partial charge is 0.480 e. The highest BCUT2D eigenvalue weighted by Crippen LogP contribution is 2.60. The number of ether oxygens (including phenoxy) is 1. The van der Waals surface area contributed by atoms with Crippen molar-refractivity contribution in [3.8, 4) is 0 Å². The molecule has 1 unspecified atom stereocenters. The van der Waals surface area contributed by atoms with Gasteiger partial charge in [0.05, 0.1) is 12.3 Å². The summed E-state index contributed by atoms with van der Waals surface area (Å²) in [5.74, 6) is 0.789. The summed E-state index contributed by atoms with van der Waals surface area (Å²) >= 11 is 0. The highest BCUT2D eigenvalue weighted by Gasteiger charge is 2.61. The Hall–Kier alpha value is -2.81. The summed E-state index contributed by atoms with van der Waals surface area (Å²) in [6, 6.07) is 17.0. The van der Waals surface area contributed by atoms with Crippen LogP contribution in [-0.2, 0) is 22.0 Å². The second kappa shape index (κ2) is 5.35. The molecule has 3 heteroatoms. The first-order valence-electron chi connectivity index (χ1n) is 9.61. The van der Waals surface area contributed by atoms with E-state index >= 15 is 0 Å². The molecule has 1 aromatic heterocycles. The number of fused-ring (bicyclic) bond motifs is 5. The third-order valence-corrected chi connectivity index (χ3v) is 6.40. The van der Waals surface area contributed by atoms with Crippen LogP contribution in [0.25, 0.3) is 10.9 Å². The van der Waals surface area contributed by atoms with Crippen LogP contribution in [0, 0.1) is 0 Å². The zero-order valence-corrected chi connectivity index (χ0v) is 16.1. The van der Waals surface area contributed by atoms with E-state index in [1.54, 1.807) is 0 Å². The van der Waals surface area contributed by atoms with E-state index in [0.717, 1.165) is 23.6 Å². The van der Waals surface area contributed by atoms with Crippen molar-refractivity contribution in [1.82, 2.24) is 4.98 Å². The molecule has 136 valence electrons. The van der Waals surface area contributed by atoms with E-state index in [9.17, 15) is 0 Å². The molecule has 2 aliphatic rings. The van der Waals surface area contributed by atoms with Crippen molar-refractivity contribution in [3.05, 3.63) is 77.5 Å². The van der Waals surface area contributed by atoms with E-state index in [2.05, 4.69) is 67.9 Å². The van der Waals surface area contributed by atoms with Gasteiger partial charge in [0.25, 0.3) is 0 Å². The molecule has 0 saturated heterocycles. The monoisotopic (exact) mass is 356 g/mol. The number of aromatic amines is 1. The highest BCUT2D eigenvalue weighted by atomic mass is 16.5. The van der Waals surface area contributed by atoms with E-state index < -0.39 is 5.41 Å². The van der Waals surface area contributed by atoms with Gasteiger partial charge in [0, 0.05) is 28.4 Å². The van der Waals surface area contributed by atoms with Crippen molar-refractivity contribution in [1.29, 1.82) is 0 Å². The predicted molar refractivity (Wildman–Crippen MR) is 111 cm³/mol. The quantitative estimate of drug-likeness (QED) is 0.568. The van der Waals surface area contributed by atoms with Crippen LogP contribution in [-0.4, -0.2) is 17.5 Å². The fourth-order valence-electron chi connectivity index (χ4n) is 5.44. The van der Waals surface area contributed by atoms with Gasteiger partial charge in [-0.15, -0.1) is 0 Å². The van der Waals surface area contributed by atoms with Crippen molar-refractivity contribution in [2.24, 2.45) is 4.99 Å². The molecule has 27 heavy (non-hydrogen) atoms. The van der Waals surface area contributed by atoms with Crippen LogP contribution in [0.2, 0.25) is 0 Å². The third-order valence-electron chi connectivity index (χ3n) is 6.40. The lowest BCUT2D eigenvalue weighted by atomic mass is 9.52. The van der Waals surface area contributed by atoms with Gasteiger partial charge < -0.3 is 9.72 Å². The van der Waals surface area contributed by atoms with E-state index in [-0.39, 0.29) is 5.41 Å². The van der Waals surface area contributed by atoms with Crippen LogP contribution >= 0.6 is 0 Å². The van der Waals surface area contributed by atoms with Crippen LogP contribution < -0.4 is 0 Å². The van der Waals surface area contributed by atoms with Crippen molar-refractivity contribution in [2.45, 2.75) is 38.0 Å². The molecule has 0 saturated carbocycles. The Labute approximate surface area is 159 Å². The molecule has 0 fully saturated rings. The normalized spacial score (nSPS) is 22.6. The molecule has 5 rings (SSSR count). The summed E-state index contributed by atoms with van der Waals surface area (Å²) in [6.45, 7) is 11.8. The number of H-pyrrole nitrogens is 1. The number of aliphatic imine (C=N–C) groups is 1. The first-order valence-corrected chi connectivity index (χ1v) is 9.61. The maximum atomic E-state index is 6.17. The topological polar surface area (TPSA) is 37.4 Å². The number of hydrogen-bond donors (Lipinski definition) is 1. The standard InChI is InChI=1S/C24H24N2O/c1-5-27-22-24(17-11-7-9-13-19(17)26-22)15(2)14-20-21(23(24,3)4)16-10-6-8-12-18(16)25-20/h6-13,25H,2,5,14H2,1,3-4H3. The average Bonchev–Trinajstić information content (AvgIpc) is 3.17. The van der Waals surface area contributed by atoms with E-state index in [1.807, 2.05) is 13.0 Å². The highest BCUT2D eigenvalue weighted by molar-refractivity contribution is 6.03. The molecule has 2 heterocycles. The summed E-state index contributed by atoms with van der Waals surface area (Å²) in [5, 5.41) is 1.28. The van der Waals surface area contributed by atoms with Crippen molar-refractivity contribution in [3.63, 3.8) is 0 Å². The fourth-order valence-corrected chi connectivity index (χ4v) is 5.44. The minimum Gasteiger partial charge on any atom is -0.480 e. The van der Waals surface area contributed by atoms with Crippen LogP contribution in [0.15, 0.2) is 65.7 Å².